The minimum atomic E-state index is -0.476. The van der Waals surface area contributed by atoms with Crippen LogP contribution in [0.5, 0.6) is 5.75 Å². The van der Waals surface area contributed by atoms with Gasteiger partial charge in [-0.25, -0.2) is 0 Å². The highest BCUT2D eigenvalue weighted by atomic mass is 16.5. The number of nitrogens with zero attached hydrogens (tertiary/aromatic N) is 2. The van der Waals surface area contributed by atoms with Crippen molar-refractivity contribution in [2.75, 3.05) is 6.61 Å². The Bertz CT molecular complexity index is 944. The van der Waals surface area contributed by atoms with Gasteiger partial charge in [0.2, 0.25) is 11.8 Å². The third kappa shape index (κ3) is 2.57. The van der Waals surface area contributed by atoms with Gasteiger partial charge in [-0.3, -0.25) is 4.79 Å². The van der Waals surface area contributed by atoms with Gasteiger partial charge in [0, 0.05) is 23.8 Å². The molecule has 148 valence electrons. The molecule has 6 nitrogen and oxygen atoms in total. The average Bonchev–Trinajstić information content (AvgIpc) is 2.99. The van der Waals surface area contributed by atoms with Crippen LogP contribution in [0.2, 0.25) is 0 Å². The first-order valence-electron chi connectivity index (χ1n) is 10.3. The molecular formula is C22H27N3O3. The number of aryl methyl sites for hydroxylation is 3. The first kappa shape index (κ1) is 17.7. The monoisotopic (exact) mass is 381 g/mol. The van der Waals surface area contributed by atoms with Crippen molar-refractivity contribution in [2.45, 2.75) is 70.3 Å². The number of carbonyl (C=O) groups is 1. The normalized spacial score (nSPS) is 27.3. The molecule has 0 radical (unpaired) electrons. The van der Waals surface area contributed by atoms with Crippen molar-refractivity contribution in [1.82, 2.24) is 15.5 Å². The van der Waals surface area contributed by atoms with Crippen molar-refractivity contribution >= 4 is 5.91 Å². The maximum Gasteiger partial charge on any atom is 0.224 e. The van der Waals surface area contributed by atoms with E-state index in [1.54, 1.807) is 6.92 Å². The van der Waals surface area contributed by atoms with Crippen LogP contribution in [0.1, 0.15) is 66.9 Å². The number of hydrogen-bond acceptors (Lipinski definition) is 5. The molecule has 2 fully saturated rings. The summed E-state index contributed by atoms with van der Waals surface area (Å²) in [5, 5.41) is 7.49. The second-order valence-corrected chi connectivity index (χ2v) is 8.86. The number of benzene rings is 1. The number of nitrogens with one attached hydrogen (secondary N) is 1. The second kappa shape index (κ2) is 6.06. The van der Waals surface area contributed by atoms with Crippen molar-refractivity contribution in [2.24, 2.45) is 5.92 Å². The van der Waals surface area contributed by atoms with Crippen molar-refractivity contribution in [3.8, 4) is 5.75 Å². The number of carbonyl (C=O) groups excluding carboxylic acids is 1. The summed E-state index contributed by atoms with van der Waals surface area (Å²) in [7, 11) is 0. The highest BCUT2D eigenvalue weighted by molar-refractivity contribution is 5.85. The lowest BCUT2D eigenvalue weighted by atomic mass is 9.85. The van der Waals surface area contributed by atoms with Gasteiger partial charge >= 0.3 is 0 Å². The summed E-state index contributed by atoms with van der Waals surface area (Å²) in [5.41, 5.74) is 3.13. The summed E-state index contributed by atoms with van der Waals surface area (Å²) in [6.45, 7) is 6.70. The largest absolute Gasteiger partial charge is 0.493 e. The fourth-order valence-electron chi connectivity index (χ4n) is 5.20. The van der Waals surface area contributed by atoms with Crippen LogP contribution in [0.15, 0.2) is 16.7 Å². The standard InChI is InChI=1S/C22H27N3O3/c1-13-10-16-18(11-14(13)2)27-9-8-21(16)12-17(21)19(26)24-22(6-4-5-7-22)20-23-15(3)28-25-20/h10-11,17H,4-9,12H2,1-3H3,(H,24,26)/t17-,21-/m0/s1. The molecule has 6 heteroatoms. The lowest BCUT2D eigenvalue weighted by Crippen LogP contribution is -2.46. The van der Waals surface area contributed by atoms with E-state index in [1.807, 2.05) is 0 Å². The quantitative estimate of drug-likeness (QED) is 0.879. The van der Waals surface area contributed by atoms with E-state index in [4.69, 9.17) is 9.26 Å². The van der Waals surface area contributed by atoms with E-state index in [1.165, 1.54) is 16.7 Å². The number of ether oxygens (including phenoxy) is 1. The molecule has 1 aromatic carbocycles. The molecular weight excluding hydrogens is 354 g/mol. The van der Waals surface area contributed by atoms with Gasteiger partial charge in [-0.1, -0.05) is 24.1 Å². The van der Waals surface area contributed by atoms with Crippen LogP contribution in [0.25, 0.3) is 0 Å². The molecule has 1 aromatic heterocycles. The predicted molar refractivity (Wildman–Crippen MR) is 103 cm³/mol. The van der Waals surface area contributed by atoms with Gasteiger partial charge in [-0.05, 0) is 56.7 Å². The average molecular weight is 381 g/mol. The Morgan fingerprint density at radius 3 is 2.61 bits per heavy atom. The van der Waals surface area contributed by atoms with E-state index < -0.39 is 5.54 Å². The Kier molecular flexibility index (Phi) is 3.83. The first-order valence-corrected chi connectivity index (χ1v) is 10.3. The van der Waals surface area contributed by atoms with Crippen LogP contribution in [0.4, 0.5) is 0 Å². The fraction of sp³-hybridized carbons (Fsp3) is 0.591. The van der Waals surface area contributed by atoms with Crippen LogP contribution in [-0.4, -0.2) is 22.7 Å². The number of hydrogen-bond donors (Lipinski definition) is 1. The molecule has 1 amide bonds. The van der Waals surface area contributed by atoms with Crippen LogP contribution in [0, 0.1) is 26.7 Å². The molecule has 3 aliphatic rings. The Morgan fingerprint density at radius 1 is 1.14 bits per heavy atom. The second-order valence-electron chi connectivity index (χ2n) is 8.86. The number of fused-ring (bicyclic) bond motifs is 2. The summed E-state index contributed by atoms with van der Waals surface area (Å²) in [6, 6.07) is 4.35. The summed E-state index contributed by atoms with van der Waals surface area (Å²) in [4.78, 5) is 17.8. The molecule has 0 bridgehead atoms. The summed E-state index contributed by atoms with van der Waals surface area (Å²) in [6.07, 6.45) is 5.66. The van der Waals surface area contributed by atoms with Crippen LogP contribution < -0.4 is 10.1 Å². The van der Waals surface area contributed by atoms with Crippen LogP contribution >= 0.6 is 0 Å². The Hall–Kier alpha value is -2.37. The Morgan fingerprint density at radius 2 is 1.89 bits per heavy atom. The molecule has 2 aliphatic carbocycles. The van der Waals surface area contributed by atoms with Gasteiger partial charge in [-0.2, -0.15) is 4.98 Å². The summed E-state index contributed by atoms with van der Waals surface area (Å²) < 4.78 is 11.1. The molecule has 28 heavy (non-hydrogen) atoms. The minimum Gasteiger partial charge on any atom is -0.493 e. The molecule has 2 heterocycles. The molecule has 1 aliphatic heterocycles. The maximum absolute atomic E-state index is 13.3. The molecule has 2 saturated carbocycles. The lowest BCUT2D eigenvalue weighted by molar-refractivity contribution is -0.125. The first-order chi connectivity index (χ1) is 13.4. The fourth-order valence-corrected chi connectivity index (χ4v) is 5.20. The molecule has 5 rings (SSSR count). The SMILES string of the molecule is Cc1nc(C2(NC(=O)[C@@H]3C[C@]34CCOc3cc(C)c(C)cc34)CCCC2)no1. The number of aromatic nitrogens is 2. The topological polar surface area (TPSA) is 77.2 Å². The third-order valence-electron chi connectivity index (χ3n) is 7.11. The highest BCUT2D eigenvalue weighted by Gasteiger charge is 2.62. The van der Waals surface area contributed by atoms with E-state index in [9.17, 15) is 4.79 Å². The highest BCUT2D eigenvalue weighted by Crippen LogP contribution is 2.61. The van der Waals surface area contributed by atoms with Crippen molar-refractivity contribution in [1.29, 1.82) is 0 Å². The minimum absolute atomic E-state index is 0.0114. The van der Waals surface area contributed by atoms with E-state index in [0.717, 1.165) is 44.3 Å². The van der Waals surface area contributed by atoms with Gasteiger partial charge in [-0.15, -0.1) is 0 Å². The predicted octanol–water partition coefficient (Wildman–Crippen LogP) is 3.62. The Balaban J connectivity index is 1.42. The summed E-state index contributed by atoms with van der Waals surface area (Å²) >= 11 is 0. The van der Waals surface area contributed by atoms with E-state index in [2.05, 4.69) is 41.4 Å². The third-order valence-corrected chi connectivity index (χ3v) is 7.11. The van der Waals surface area contributed by atoms with E-state index in [-0.39, 0.29) is 17.2 Å². The summed E-state index contributed by atoms with van der Waals surface area (Å²) in [5.74, 6) is 2.24. The van der Waals surface area contributed by atoms with Gasteiger partial charge < -0.3 is 14.6 Å². The van der Waals surface area contributed by atoms with Crippen molar-refractivity contribution < 1.29 is 14.1 Å². The maximum atomic E-state index is 13.3. The zero-order valence-corrected chi connectivity index (χ0v) is 16.8. The molecule has 1 spiro atoms. The lowest BCUT2D eigenvalue weighted by Gasteiger charge is -2.30. The molecule has 0 saturated heterocycles. The number of rotatable bonds is 3. The van der Waals surface area contributed by atoms with E-state index in [0.29, 0.717) is 18.3 Å². The zero-order valence-electron chi connectivity index (χ0n) is 16.8. The van der Waals surface area contributed by atoms with Crippen molar-refractivity contribution in [3.05, 3.63) is 40.5 Å². The van der Waals surface area contributed by atoms with E-state index >= 15 is 0 Å². The number of amides is 1. The van der Waals surface area contributed by atoms with Gasteiger partial charge in [0.25, 0.3) is 0 Å². The van der Waals surface area contributed by atoms with Crippen LogP contribution in [-0.2, 0) is 15.7 Å². The molecule has 0 unspecified atom stereocenters. The zero-order chi connectivity index (χ0) is 19.5. The van der Waals surface area contributed by atoms with Crippen molar-refractivity contribution in [3.63, 3.8) is 0 Å². The van der Waals surface area contributed by atoms with Gasteiger partial charge in [0.15, 0.2) is 5.82 Å². The van der Waals surface area contributed by atoms with Crippen LogP contribution in [0.3, 0.4) is 0 Å². The molecule has 1 N–H and O–H groups in total. The van der Waals surface area contributed by atoms with Gasteiger partial charge in [0.1, 0.15) is 11.3 Å². The molecule has 2 atom stereocenters. The Labute approximate surface area is 165 Å². The smallest absolute Gasteiger partial charge is 0.224 e. The molecule has 2 aromatic rings. The van der Waals surface area contributed by atoms with Gasteiger partial charge in [0.05, 0.1) is 6.61 Å².